The highest BCUT2D eigenvalue weighted by molar-refractivity contribution is 6.41. The van der Waals surface area contributed by atoms with Crippen LogP contribution in [-0.4, -0.2) is 80.7 Å². The molecular formula is C33H43Cl2N7O4. The monoisotopic (exact) mass is 671 g/mol. The van der Waals surface area contributed by atoms with Crippen molar-refractivity contribution >= 4 is 63.7 Å². The Bertz CT molecular complexity index is 1440. The molecule has 0 radical (unpaired) electrons. The molecule has 2 aromatic carbocycles. The number of hydrogen-bond acceptors (Lipinski definition) is 9. The molecule has 1 fully saturated rings. The van der Waals surface area contributed by atoms with Crippen LogP contribution in [0.3, 0.4) is 0 Å². The topological polar surface area (TPSA) is 112 Å². The van der Waals surface area contributed by atoms with Gasteiger partial charge in [-0.15, -0.1) is 0 Å². The Morgan fingerprint density at radius 1 is 0.913 bits per heavy atom. The molecule has 11 nitrogen and oxygen atoms in total. The van der Waals surface area contributed by atoms with E-state index < -0.39 is 6.03 Å². The molecule has 1 aliphatic heterocycles. The van der Waals surface area contributed by atoms with Crippen molar-refractivity contribution < 1.29 is 19.1 Å². The highest BCUT2D eigenvalue weighted by Crippen LogP contribution is 2.44. The minimum Gasteiger partial charge on any atom is -0.495 e. The van der Waals surface area contributed by atoms with Gasteiger partial charge in [-0.25, -0.2) is 14.8 Å². The van der Waals surface area contributed by atoms with E-state index in [0.717, 1.165) is 50.4 Å². The number of ether oxygens (including phenoxy) is 2. The third-order valence-corrected chi connectivity index (χ3v) is 8.69. The van der Waals surface area contributed by atoms with E-state index in [1.165, 1.54) is 44.7 Å². The van der Waals surface area contributed by atoms with E-state index in [4.69, 9.17) is 32.7 Å². The number of piperazine rings is 1. The van der Waals surface area contributed by atoms with Gasteiger partial charge in [-0.1, -0.05) is 55.8 Å². The van der Waals surface area contributed by atoms with Gasteiger partial charge in [0.1, 0.15) is 45.3 Å². The zero-order valence-corrected chi connectivity index (χ0v) is 28.5. The number of unbranched alkanes of at least 4 members (excludes halogenated alkanes) is 4. The molecule has 0 spiro atoms. The molecule has 0 saturated carbocycles. The summed E-state index contributed by atoms with van der Waals surface area (Å²) >= 11 is 12.8. The summed E-state index contributed by atoms with van der Waals surface area (Å²) in [7, 11) is 4.48. The lowest BCUT2D eigenvalue weighted by Gasteiger charge is -2.35. The van der Waals surface area contributed by atoms with Gasteiger partial charge in [0.05, 0.1) is 26.5 Å². The fourth-order valence-corrected chi connectivity index (χ4v) is 5.81. The van der Waals surface area contributed by atoms with E-state index in [9.17, 15) is 9.59 Å². The van der Waals surface area contributed by atoms with E-state index >= 15 is 0 Å². The quantitative estimate of drug-likeness (QED) is 0.161. The van der Waals surface area contributed by atoms with Crippen LogP contribution in [0, 0.1) is 0 Å². The Kier molecular flexibility index (Phi) is 13.1. The number of methoxy groups -OCH3 is 2. The first kappa shape index (κ1) is 35.1. The smallest absolute Gasteiger partial charge is 0.327 e. The van der Waals surface area contributed by atoms with Crippen molar-refractivity contribution in [1.29, 1.82) is 0 Å². The SMILES string of the molecule is CCCCCCCC(=O)CN1CCN(c2ccc(Nc3cc(N(C)C(=O)Nc4c(Cl)c(OC)cc(OC)c4Cl)ncn3)cc2)CC1. The van der Waals surface area contributed by atoms with Crippen LogP contribution in [0.4, 0.5) is 33.5 Å². The first-order valence-electron chi connectivity index (χ1n) is 15.6. The van der Waals surface area contributed by atoms with E-state index in [1.54, 1.807) is 19.2 Å². The zero-order valence-electron chi connectivity index (χ0n) is 26.9. The summed E-state index contributed by atoms with van der Waals surface area (Å²) in [6, 6.07) is 10.8. The third kappa shape index (κ3) is 9.37. The van der Waals surface area contributed by atoms with Gasteiger partial charge < -0.3 is 25.0 Å². The number of carbonyl (C=O) groups excluding carboxylic acids is 2. The average molecular weight is 673 g/mol. The third-order valence-electron chi connectivity index (χ3n) is 7.94. The standard InChI is InChI=1S/C33H43Cl2N7O4/c1-5-6-7-8-9-10-25(43)21-41-15-17-42(18-16-41)24-13-11-23(12-14-24)38-28-20-29(37-22-36-28)40(2)33(44)39-32-30(34)26(45-3)19-27(46-4)31(32)35/h11-14,19-20,22H,5-10,15-18,21H2,1-4H3,(H,39,44)(H,36,37,38). The molecule has 0 aliphatic carbocycles. The molecular weight excluding hydrogens is 629 g/mol. The second-order valence-corrected chi connectivity index (χ2v) is 11.9. The molecule has 248 valence electrons. The van der Waals surface area contributed by atoms with Crippen LogP contribution in [0.25, 0.3) is 0 Å². The molecule has 4 rings (SSSR count). The van der Waals surface area contributed by atoms with Crippen LogP contribution in [0.1, 0.15) is 45.4 Å². The minimum atomic E-state index is -0.528. The number of nitrogens with one attached hydrogen (secondary N) is 2. The first-order valence-corrected chi connectivity index (χ1v) is 16.3. The second kappa shape index (κ2) is 17.2. The van der Waals surface area contributed by atoms with E-state index in [2.05, 4.69) is 49.5 Å². The number of benzene rings is 2. The van der Waals surface area contributed by atoms with Crippen molar-refractivity contribution in [1.82, 2.24) is 14.9 Å². The Labute approximate surface area is 281 Å². The molecule has 2 heterocycles. The number of hydrogen-bond donors (Lipinski definition) is 2. The second-order valence-electron chi connectivity index (χ2n) is 11.2. The van der Waals surface area contributed by atoms with Crippen LogP contribution < -0.4 is 29.9 Å². The molecule has 13 heteroatoms. The number of carbonyl (C=O) groups is 2. The summed E-state index contributed by atoms with van der Waals surface area (Å²) in [5.74, 6) is 1.82. The fourth-order valence-electron chi connectivity index (χ4n) is 5.21. The average Bonchev–Trinajstić information content (AvgIpc) is 3.07. The van der Waals surface area contributed by atoms with Gasteiger partial charge in [0.25, 0.3) is 0 Å². The molecule has 46 heavy (non-hydrogen) atoms. The summed E-state index contributed by atoms with van der Waals surface area (Å²) in [5, 5.41) is 6.28. The predicted octanol–water partition coefficient (Wildman–Crippen LogP) is 7.26. The maximum atomic E-state index is 13.1. The molecule has 0 unspecified atom stereocenters. The molecule has 3 aromatic rings. The fraction of sp³-hybridized carbons (Fsp3) is 0.455. The van der Waals surface area contributed by atoms with Crippen LogP contribution in [0.5, 0.6) is 11.5 Å². The van der Waals surface area contributed by atoms with Crippen molar-refractivity contribution in [3.63, 3.8) is 0 Å². The van der Waals surface area contributed by atoms with Gasteiger partial charge >= 0.3 is 6.03 Å². The highest BCUT2D eigenvalue weighted by Gasteiger charge is 2.22. The molecule has 0 bridgehead atoms. The van der Waals surface area contributed by atoms with Gasteiger partial charge in [-0.2, -0.15) is 0 Å². The maximum Gasteiger partial charge on any atom is 0.327 e. The van der Waals surface area contributed by atoms with Gasteiger partial charge in [0, 0.05) is 63.2 Å². The van der Waals surface area contributed by atoms with Crippen molar-refractivity contribution in [3.8, 4) is 11.5 Å². The number of urea groups is 1. The van der Waals surface area contributed by atoms with Crippen LogP contribution in [0.15, 0.2) is 42.7 Å². The van der Waals surface area contributed by atoms with Gasteiger partial charge in [0.15, 0.2) is 0 Å². The summed E-state index contributed by atoms with van der Waals surface area (Å²) < 4.78 is 10.6. The molecule has 1 aliphatic rings. The van der Waals surface area contributed by atoms with Gasteiger partial charge in [-0.05, 0) is 30.7 Å². The first-order chi connectivity index (χ1) is 22.2. The number of amides is 2. The van der Waals surface area contributed by atoms with E-state index in [0.29, 0.717) is 41.9 Å². The lowest BCUT2D eigenvalue weighted by Crippen LogP contribution is -2.48. The summed E-state index contributed by atoms with van der Waals surface area (Å²) in [6.45, 7) is 6.25. The number of Topliss-reactive ketones (excluding diaryl/α,β-unsaturated/α-hetero) is 1. The lowest BCUT2D eigenvalue weighted by atomic mass is 10.1. The zero-order chi connectivity index (χ0) is 33.1. The Morgan fingerprint density at radius 2 is 1.57 bits per heavy atom. The number of aromatic nitrogens is 2. The van der Waals surface area contributed by atoms with Crippen LogP contribution >= 0.6 is 23.2 Å². The number of anilines is 5. The Hall–Kier alpha value is -3.80. The molecule has 2 amide bonds. The van der Waals surface area contributed by atoms with Gasteiger partial charge in [-0.3, -0.25) is 14.6 Å². The van der Waals surface area contributed by atoms with Crippen molar-refractivity contribution in [2.24, 2.45) is 0 Å². The Morgan fingerprint density at radius 3 is 2.20 bits per heavy atom. The van der Waals surface area contributed by atoms with Crippen LogP contribution in [0.2, 0.25) is 10.0 Å². The predicted molar refractivity (Wildman–Crippen MR) is 186 cm³/mol. The molecule has 0 atom stereocenters. The van der Waals surface area contributed by atoms with Crippen LogP contribution in [-0.2, 0) is 4.79 Å². The highest BCUT2D eigenvalue weighted by atomic mass is 35.5. The molecule has 2 N–H and O–H groups in total. The molecule has 1 aromatic heterocycles. The number of nitrogens with zero attached hydrogens (tertiary/aromatic N) is 5. The molecule has 1 saturated heterocycles. The normalized spacial score (nSPS) is 13.3. The summed E-state index contributed by atoms with van der Waals surface area (Å²) in [4.78, 5) is 40.0. The van der Waals surface area contributed by atoms with Crippen molar-refractivity contribution in [2.45, 2.75) is 45.4 Å². The van der Waals surface area contributed by atoms with Gasteiger partial charge in [0.2, 0.25) is 0 Å². The van der Waals surface area contributed by atoms with E-state index in [-0.39, 0.29) is 15.7 Å². The van der Waals surface area contributed by atoms with Crippen molar-refractivity contribution in [2.75, 3.05) is 74.4 Å². The number of halogens is 2. The Balaban J connectivity index is 1.30. The maximum absolute atomic E-state index is 13.1. The largest absolute Gasteiger partial charge is 0.495 e. The lowest BCUT2D eigenvalue weighted by molar-refractivity contribution is -0.120. The minimum absolute atomic E-state index is 0.143. The summed E-state index contributed by atoms with van der Waals surface area (Å²) in [6.07, 6.45) is 7.92. The number of ketones is 1. The van der Waals surface area contributed by atoms with E-state index in [1.807, 2.05) is 12.1 Å². The number of rotatable bonds is 15. The van der Waals surface area contributed by atoms with Crippen molar-refractivity contribution in [3.05, 3.63) is 52.8 Å². The summed E-state index contributed by atoms with van der Waals surface area (Å²) in [5.41, 5.74) is 2.12.